The minimum atomic E-state index is -1.83. The maximum atomic E-state index is 13.1. The lowest BCUT2D eigenvalue weighted by molar-refractivity contribution is -0.156. The Morgan fingerprint density at radius 2 is 1.63 bits per heavy atom. The molecular weight excluding hydrogens is 364 g/mol. The van der Waals surface area contributed by atoms with Crippen LogP contribution in [0.15, 0.2) is 53.4 Å². The molecule has 2 rings (SSSR count). The summed E-state index contributed by atoms with van der Waals surface area (Å²) in [7, 11) is -1.83. The van der Waals surface area contributed by atoms with E-state index in [0.717, 1.165) is 5.56 Å². The highest BCUT2D eigenvalue weighted by atomic mass is 32.2. The predicted octanol–water partition coefficient (Wildman–Crippen LogP) is 3.36. The lowest BCUT2D eigenvalue weighted by Crippen LogP contribution is -2.38. The summed E-state index contributed by atoms with van der Waals surface area (Å²) in [5, 5.41) is 9.52. The molecule has 0 amide bonds. The number of hydrogen-bond donors (Lipinski definition) is 1. The summed E-state index contributed by atoms with van der Waals surface area (Å²) >= 11 is 0. The SMILES string of the molecule is Cc1ccc(S(=O)[C@H](C(=O)OC(C)(C)C)[C@H](O)c2ccc(C=O)cc2)cc1. The van der Waals surface area contributed by atoms with Crippen LogP contribution in [-0.2, 0) is 20.3 Å². The third-order valence-corrected chi connectivity index (χ3v) is 5.47. The standard InChI is InChI=1S/C21H24O5S/c1-14-5-11-17(12-6-14)27(25)19(20(24)26-21(2,3)4)18(23)16-9-7-15(13-22)8-10-16/h5-13,18-19,23H,1-4H3/t18-,19+,27?/m1/s1. The molecule has 0 aliphatic rings. The van der Waals surface area contributed by atoms with Gasteiger partial charge in [-0.25, -0.2) is 0 Å². The van der Waals surface area contributed by atoms with Gasteiger partial charge in [-0.3, -0.25) is 13.8 Å². The first-order chi connectivity index (χ1) is 12.6. The number of aryl methyl sites for hydroxylation is 1. The molecular formula is C21H24O5S. The van der Waals surface area contributed by atoms with Crippen LogP contribution in [-0.4, -0.2) is 32.4 Å². The van der Waals surface area contributed by atoms with Crippen molar-refractivity contribution >= 4 is 23.1 Å². The second-order valence-corrected chi connectivity index (χ2v) is 8.87. The molecule has 0 heterocycles. The third-order valence-electron chi connectivity index (χ3n) is 3.82. The van der Waals surface area contributed by atoms with Crippen LogP contribution in [0.25, 0.3) is 0 Å². The number of ether oxygens (including phenoxy) is 1. The highest BCUT2D eigenvalue weighted by molar-refractivity contribution is 7.86. The van der Waals surface area contributed by atoms with E-state index in [1.54, 1.807) is 45.0 Å². The van der Waals surface area contributed by atoms with E-state index in [-0.39, 0.29) is 0 Å². The lowest BCUT2D eigenvalue weighted by atomic mass is 10.0. The Morgan fingerprint density at radius 1 is 1.07 bits per heavy atom. The summed E-state index contributed by atoms with van der Waals surface area (Å²) in [6, 6.07) is 13.1. The van der Waals surface area contributed by atoms with E-state index in [0.29, 0.717) is 22.3 Å². The average Bonchev–Trinajstić information content (AvgIpc) is 2.60. The molecule has 0 saturated carbocycles. The second kappa shape index (κ2) is 8.59. The molecule has 6 heteroatoms. The summed E-state index contributed by atoms with van der Waals surface area (Å²) in [4.78, 5) is 24.0. The Hall–Kier alpha value is -2.31. The molecule has 27 heavy (non-hydrogen) atoms. The van der Waals surface area contributed by atoms with Crippen molar-refractivity contribution in [2.75, 3.05) is 0 Å². The number of aliphatic hydroxyl groups is 1. The number of aliphatic hydroxyl groups excluding tert-OH is 1. The summed E-state index contributed by atoms with van der Waals surface area (Å²) in [6.07, 6.45) is -0.658. The molecule has 0 radical (unpaired) electrons. The zero-order valence-corrected chi connectivity index (χ0v) is 16.7. The van der Waals surface area contributed by atoms with E-state index >= 15 is 0 Å². The fourth-order valence-corrected chi connectivity index (χ4v) is 3.77. The number of carbonyl (C=O) groups is 2. The smallest absolute Gasteiger partial charge is 0.325 e. The van der Waals surface area contributed by atoms with E-state index in [1.807, 2.05) is 6.92 Å². The fourth-order valence-electron chi connectivity index (χ4n) is 2.46. The highest BCUT2D eigenvalue weighted by Crippen LogP contribution is 2.27. The quantitative estimate of drug-likeness (QED) is 0.606. The van der Waals surface area contributed by atoms with E-state index in [1.165, 1.54) is 24.3 Å². The molecule has 5 nitrogen and oxygen atoms in total. The van der Waals surface area contributed by atoms with Gasteiger partial charge in [-0.05, 0) is 45.4 Å². The van der Waals surface area contributed by atoms with Crippen LogP contribution in [0.1, 0.15) is 48.4 Å². The summed E-state index contributed by atoms with van der Waals surface area (Å²) in [6.45, 7) is 7.04. The normalized spacial score (nSPS) is 14.9. The third kappa shape index (κ3) is 5.58. The first-order valence-corrected chi connectivity index (χ1v) is 9.77. The van der Waals surface area contributed by atoms with Crippen LogP contribution in [0.5, 0.6) is 0 Å². The zero-order valence-electron chi connectivity index (χ0n) is 15.8. The van der Waals surface area contributed by atoms with Crippen molar-refractivity contribution < 1.29 is 23.6 Å². The van der Waals surface area contributed by atoms with Gasteiger partial charge in [-0.1, -0.05) is 42.0 Å². The van der Waals surface area contributed by atoms with Crippen LogP contribution in [0.3, 0.4) is 0 Å². The van der Waals surface area contributed by atoms with Gasteiger partial charge in [-0.15, -0.1) is 0 Å². The van der Waals surface area contributed by atoms with Crippen LogP contribution in [0.4, 0.5) is 0 Å². The molecule has 1 N–H and O–H groups in total. The van der Waals surface area contributed by atoms with Gasteiger partial charge < -0.3 is 9.84 Å². The summed E-state index contributed by atoms with van der Waals surface area (Å²) in [5.41, 5.74) is 1.04. The van der Waals surface area contributed by atoms with Crippen molar-refractivity contribution in [1.82, 2.24) is 0 Å². The Kier molecular flexibility index (Phi) is 6.68. The van der Waals surface area contributed by atoms with Crippen molar-refractivity contribution in [2.45, 2.75) is 49.5 Å². The van der Waals surface area contributed by atoms with E-state index in [4.69, 9.17) is 4.74 Å². The van der Waals surface area contributed by atoms with Gasteiger partial charge in [0.05, 0.1) is 10.8 Å². The topological polar surface area (TPSA) is 80.7 Å². The van der Waals surface area contributed by atoms with E-state index in [9.17, 15) is 18.9 Å². The molecule has 0 bridgehead atoms. The minimum Gasteiger partial charge on any atom is -0.459 e. The Labute approximate surface area is 161 Å². The fraction of sp³-hybridized carbons (Fsp3) is 0.333. The Bertz CT molecular complexity index is 819. The summed E-state index contributed by atoms with van der Waals surface area (Å²) in [5.74, 6) is -0.742. The van der Waals surface area contributed by atoms with Gasteiger partial charge in [0.2, 0.25) is 0 Å². The number of esters is 1. The molecule has 0 fully saturated rings. The molecule has 0 aromatic heterocycles. The summed E-state index contributed by atoms with van der Waals surface area (Å²) < 4.78 is 18.5. The van der Waals surface area contributed by atoms with Crippen molar-refractivity contribution in [1.29, 1.82) is 0 Å². The van der Waals surface area contributed by atoms with Crippen LogP contribution in [0.2, 0.25) is 0 Å². The minimum absolute atomic E-state index is 0.386. The highest BCUT2D eigenvalue weighted by Gasteiger charge is 2.37. The molecule has 0 aliphatic carbocycles. The van der Waals surface area contributed by atoms with E-state index < -0.39 is 33.7 Å². The molecule has 2 aromatic rings. The van der Waals surface area contributed by atoms with Gasteiger partial charge in [-0.2, -0.15) is 0 Å². The first kappa shape index (κ1) is 21.0. The van der Waals surface area contributed by atoms with Crippen molar-refractivity contribution in [3.63, 3.8) is 0 Å². The molecule has 0 spiro atoms. The van der Waals surface area contributed by atoms with Crippen LogP contribution < -0.4 is 0 Å². The maximum absolute atomic E-state index is 13.1. The molecule has 2 aromatic carbocycles. The van der Waals surface area contributed by atoms with Crippen LogP contribution in [0, 0.1) is 6.92 Å². The number of aldehydes is 1. The molecule has 0 aliphatic heterocycles. The maximum Gasteiger partial charge on any atom is 0.325 e. The van der Waals surface area contributed by atoms with Gasteiger partial charge in [0, 0.05) is 10.5 Å². The zero-order chi connectivity index (χ0) is 20.2. The number of benzene rings is 2. The van der Waals surface area contributed by atoms with Gasteiger partial charge in [0.1, 0.15) is 18.0 Å². The molecule has 3 atom stereocenters. The number of hydrogen-bond acceptors (Lipinski definition) is 5. The molecule has 0 saturated heterocycles. The lowest BCUT2D eigenvalue weighted by Gasteiger charge is -2.26. The average molecular weight is 388 g/mol. The molecule has 1 unspecified atom stereocenters. The Morgan fingerprint density at radius 3 is 2.11 bits per heavy atom. The van der Waals surface area contributed by atoms with Gasteiger partial charge in [0.25, 0.3) is 0 Å². The largest absolute Gasteiger partial charge is 0.459 e. The second-order valence-electron chi connectivity index (χ2n) is 7.29. The van der Waals surface area contributed by atoms with Gasteiger partial charge in [0.15, 0.2) is 5.25 Å². The van der Waals surface area contributed by atoms with Gasteiger partial charge >= 0.3 is 5.97 Å². The van der Waals surface area contributed by atoms with E-state index in [2.05, 4.69) is 0 Å². The number of carbonyl (C=O) groups excluding carboxylic acids is 2. The van der Waals surface area contributed by atoms with Crippen LogP contribution >= 0.6 is 0 Å². The van der Waals surface area contributed by atoms with Crippen molar-refractivity contribution in [3.05, 3.63) is 65.2 Å². The van der Waals surface area contributed by atoms with Crippen molar-refractivity contribution in [2.24, 2.45) is 0 Å². The predicted molar refractivity (Wildman–Crippen MR) is 104 cm³/mol. The Balaban J connectivity index is 2.41. The first-order valence-electron chi connectivity index (χ1n) is 8.55. The van der Waals surface area contributed by atoms with Crippen molar-refractivity contribution in [3.8, 4) is 0 Å². The molecule has 144 valence electrons. The number of rotatable bonds is 6. The monoisotopic (exact) mass is 388 g/mol.